The molecule has 0 aromatic heterocycles. The molecule has 0 aliphatic carbocycles. The van der Waals surface area contributed by atoms with E-state index >= 15 is 0 Å². The Bertz CT molecular complexity index is 837. The second-order valence-corrected chi connectivity index (χ2v) is 10.6. The lowest BCUT2D eigenvalue weighted by Crippen LogP contribution is -2.58. The number of piperazine rings is 1. The molecule has 1 atom stereocenters. The van der Waals surface area contributed by atoms with E-state index < -0.39 is 12.0 Å². The van der Waals surface area contributed by atoms with Crippen molar-refractivity contribution >= 4 is 33.7 Å². The first-order valence-corrected chi connectivity index (χ1v) is 14.2. The lowest BCUT2D eigenvalue weighted by atomic mass is 10.1. The van der Waals surface area contributed by atoms with E-state index in [1.165, 1.54) is 49.8 Å². The molecule has 202 valence electrons. The highest BCUT2D eigenvalue weighted by molar-refractivity contribution is 9.10. The van der Waals surface area contributed by atoms with E-state index in [0.29, 0.717) is 25.4 Å². The van der Waals surface area contributed by atoms with Crippen LogP contribution in [0.15, 0.2) is 16.6 Å². The number of amides is 2. The summed E-state index contributed by atoms with van der Waals surface area (Å²) >= 11 is 3.45. The first-order chi connectivity index (χ1) is 17.3. The summed E-state index contributed by atoms with van der Waals surface area (Å²) in [5.41, 5.74) is 1.83. The molecule has 8 heteroatoms. The maximum atomic E-state index is 12.9. The molecular formula is C28H43BrN2O5. The van der Waals surface area contributed by atoms with E-state index in [0.717, 1.165) is 34.9 Å². The summed E-state index contributed by atoms with van der Waals surface area (Å²) in [5.74, 6) is -0.452. The topological polar surface area (TPSA) is 84.9 Å². The zero-order chi connectivity index (χ0) is 26.3. The highest BCUT2D eigenvalue weighted by atomic mass is 79.9. The van der Waals surface area contributed by atoms with Crippen molar-refractivity contribution in [2.45, 2.75) is 97.4 Å². The molecule has 1 aliphatic rings. The van der Waals surface area contributed by atoms with Crippen LogP contribution in [0.1, 0.15) is 88.7 Å². The number of halogens is 1. The van der Waals surface area contributed by atoms with Gasteiger partial charge in [-0.1, -0.05) is 80.6 Å². The molecule has 1 N–H and O–H groups in total. The molecule has 2 rings (SSSR count). The van der Waals surface area contributed by atoms with Crippen molar-refractivity contribution in [3.63, 3.8) is 0 Å². The number of hydrogen-bond acceptors (Lipinski definition) is 5. The Morgan fingerprint density at radius 2 is 1.58 bits per heavy atom. The third-order valence-corrected chi connectivity index (χ3v) is 7.00. The molecule has 0 radical (unpaired) electrons. The van der Waals surface area contributed by atoms with Crippen molar-refractivity contribution < 1.29 is 23.9 Å². The van der Waals surface area contributed by atoms with Gasteiger partial charge in [-0.3, -0.25) is 14.4 Å². The molecule has 7 nitrogen and oxygen atoms in total. The number of esters is 1. The number of aryl methyl sites for hydroxylation is 2. The van der Waals surface area contributed by atoms with E-state index in [9.17, 15) is 14.4 Å². The number of nitrogens with one attached hydrogen (secondary N) is 1. The van der Waals surface area contributed by atoms with Crippen molar-refractivity contribution in [1.29, 1.82) is 0 Å². The highest BCUT2D eigenvalue weighted by Gasteiger charge is 2.35. The van der Waals surface area contributed by atoms with Crippen LogP contribution in [0.5, 0.6) is 5.75 Å². The van der Waals surface area contributed by atoms with Crippen molar-refractivity contribution in [1.82, 2.24) is 10.2 Å². The van der Waals surface area contributed by atoms with E-state index in [1.807, 2.05) is 26.0 Å². The average molecular weight is 568 g/mol. The molecular weight excluding hydrogens is 524 g/mol. The van der Waals surface area contributed by atoms with Gasteiger partial charge in [-0.15, -0.1) is 0 Å². The Labute approximate surface area is 224 Å². The second-order valence-electron chi connectivity index (χ2n) is 9.66. The summed E-state index contributed by atoms with van der Waals surface area (Å²) < 4.78 is 12.1. The zero-order valence-electron chi connectivity index (χ0n) is 22.2. The molecule has 1 heterocycles. The van der Waals surface area contributed by atoms with Crippen LogP contribution in [0, 0.1) is 13.8 Å². The number of ether oxygens (including phenoxy) is 2. The van der Waals surface area contributed by atoms with Gasteiger partial charge in [-0.2, -0.15) is 0 Å². The SMILES string of the molecule is CCCCCCCCCCCCOC(=O)CC1C(=O)NCCN1C(=O)COc1c(C)cc(Br)cc1C. The minimum absolute atomic E-state index is 0.147. The van der Waals surface area contributed by atoms with Gasteiger partial charge >= 0.3 is 5.97 Å². The monoisotopic (exact) mass is 566 g/mol. The first kappa shape index (κ1) is 30.1. The summed E-state index contributed by atoms with van der Waals surface area (Å²) in [6.07, 6.45) is 11.9. The fourth-order valence-electron chi connectivity index (χ4n) is 4.55. The summed E-state index contributed by atoms with van der Waals surface area (Å²) in [6, 6.07) is 2.98. The van der Waals surface area contributed by atoms with Crippen LogP contribution in [0.4, 0.5) is 0 Å². The number of carbonyl (C=O) groups is 3. The lowest BCUT2D eigenvalue weighted by Gasteiger charge is -2.34. The Morgan fingerprint density at radius 1 is 1.00 bits per heavy atom. The van der Waals surface area contributed by atoms with Gasteiger partial charge in [0.2, 0.25) is 5.91 Å². The number of benzene rings is 1. The van der Waals surface area contributed by atoms with Crippen molar-refractivity contribution in [3.05, 3.63) is 27.7 Å². The van der Waals surface area contributed by atoms with Crippen LogP contribution >= 0.6 is 15.9 Å². The molecule has 1 aromatic rings. The third-order valence-electron chi connectivity index (χ3n) is 6.54. The van der Waals surface area contributed by atoms with Gasteiger partial charge in [-0.05, 0) is 43.5 Å². The molecule has 1 fully saturated rings. The Morgan fingerprint density at radius 3 is 2.19 bits per heavy atom. The molecule has 36 heavy (non-hydrogen) atoms. The van der Waals surface area contributed by atoms with Gasteiger partial charge in [-0.25, -0.2) is 0 Å². The van der Waals surface area contributed by atoms with Gasteiger partial charge < -0.3 is 19.7 Å². The van der Waals surface area contributed by atoms with E-state index in [-0.39, 0.29) is 24.8 Å². The predicted octanol–water partition coefficient (Wildman–Crippen LogP) is 5.63. The quantitative estimate of drug-likeness (QED) is 0.207. The molecule has 0 saturated carbocycles. The zero-order valence-corrected chi connectivity index (χ0v) is 23.8. The van der Waals surface area contributed by atoms with Crippen LogP contribution in [-0.4, -0.2) is 55.0 Å². The summed E-state index contributed by atoms with van der Waals surface area (Å²) in [6.45, 7) is 6.91. The van der Waals surface area contributed by atoms with E-state index in [4.69, 9.17) is 9.47 Å². The molecule has 1 saturated heterocycles. The lowest BCUT2D eigenvalue weighted by molar-refractivity contribution is -0.152. The van der Waals surface area contributed by atoms with Crippen LogP contribution in [-0.2, 0) is 19.1 Å². The van der Waals surface area contributed by atoms with Gasteiger partial charge in [0.1, 0.15) is 11.8 Å². The number of rotatable bonds is 16. The Balaban J connectivity index is 1.72. The Kier molecular flexibility index (Phi) is 13.9. The van der Waals surface area contributed by atoms with Gasteiger partial charge in [0.05, 0.1) is 13.0 Å². The largest absolute Gasteiger partial charge is 0.483 e. The molecule has 0 spiro atoms. The fourth-order valence-corrected chi connectivity index (χ4v) is 5.24. The van der Waals surface area contributed by atoms with Crippen LogP contribution in [0.3, 0.4) is 0 Å². The summed E-state index contributed by atoms with van der Waals surface area (Å²) in [5, 5.41) is 2.75. The van der Waals surface area contributed by atoms with E-state index in [2.05, 4.69) is 28.2 Å². The fraction of sp³-hybridized carbons (Fsp3) is 0.679. The van der Waals surface area contributed by atoms with Crippen LogP contribution < -0.4 is 10.1 Å². The van der Waals surface area contributed by atoms with E-state index in [1.54, 1.807) is 0 Å². The maximum Gasteiger partial charge on any atom is 0.308 e. The molecule has 1 aliphatic heterocycles. The highest BCUT2D eigenvalue weighted by Crippen LogP contribution is 2.27. The standard InChI is InChI=1S/C28H43BrN2O5/c1-4-5-6-7-8-9-10-11-12-13-16-35-26(33)19-24-28(34)30-14-15-31(24)25(32)20-36-27-21(2)17-23(29)18-22(27)3/h17-18,24H,4-16,19-20H2,1-3H3,(H,30,34). The molecule has 1 unspecified atom stereocenters. The second kappa shape index (κ2) is 16.6. The number of unbranched alkanes of at least 4 members (excludes halogenated alkanes) is 9. The predicted molar refractivity (Wildman–Crippen MR) is 145 cm³/mol. The van der Waals surface area contributed by atoms with Gasteiger partial charge in [0.25, 0.3) is 5.91 Å². The number of hydrogen-bond donors (Lipinski definition) is 1. The minimum Gasteiger partial charge on any atom is -0.483 e. The van der Waals surface area contributed by atoms with Crippen LogP contribution in [0.25, 0.3) is 0 Å². The Hall–Kier alpha value is -2.09. The molecule has 1 aromatic carbocycles. The number of nitrogens with zero attached hydrogens (tertiary/aromatic N) is 1. The molecule has 2 amide bonds. The molecule has 0 bridgehead atoms. The van der Waals surface area contributed by atoms with Crippen LogP contribution in [0.2, 0.25) is 0 Å². The third kappa shape index (κ3) is 10.5. The number of carbonyl (C=O) groups excluding carboxylic acids is 3. The van der Waals surface area contributed by atoms with Gasteiger partial charge in [0, 0.05) is 17.6 Å². The maximum absolute atomic E-state index is 12.9. The summed E-state index contributed by atoms with van der Waals surface area (Å²) in [4.78, 5) is 39.2. The average Bonchev–Trinajstić information content (AvgIpc) is 2.83. The van der Waals surface area contributed by atoms with Crippen molar-refractivity contribution in [2.75, 3.05) is 26.3 Å². The van der Waals surface area contributed by atoms with Crippen molar-refractivity contribution in [2.24, 2.45) is 0 Å². The summed E-state index contributed by atoms with van der Waals surface area (Å²) in [7, 11) is 0. The van der Waals surface area contributed by atoms with Crippen molar-refractivity contribution in [3.8, 4) is 5.75 Å². The first-order valence-electron chi connectivity index (χ1n) is 13.5. The normalized spacial score (nSPS) is 15.5. The van der Waals surface area contributed by atoms with Gasteiger partial charge in [0.15, 0.2) is 6.61 Å². The minimum atomic E-state index is -0.873. The smallest absolute Gasteiger partial charge is 0.308 e.